The minimum Gasteiger partial charge on any atom is -0.308 e. The van der Waals surface area contributed by atoms with Crippen molar-refractivity contribution in [1.29, 1.82) is 0 Å². The predicted molar refractivity (Wildman–Crippen MR) is 237 cm³/mol. The molecule has 0 fully saturated rings. The van der Waals surface area contributed by atoms with Gasteiger partial charge in [0.2, 0.25) is 0 Å². The lowest BCUT2D eigenvalue weighted by atomic mass is 9.87. The fourth-order valence-corrected chi connectivity index (χ4v) is 9.03. The number of benzene rings is 9. The van der Waals surface area contributed by atoms with Crippen molar-refractivity contribution in [3.8, 4) is 56.4 Å². The molecule has 4 nitrogen and oxygen atoms in total. The molecule has 0 N–H and O–H groups in total. The van der Waals surface area contributed by atoms with Gasteiger partial charge in [0.05, 0.1) is 16.6 Å². The number of hydrogen-bond donors (Lipinski definition) is 0. The molecule has 0 amide bonds. The van der Waals surface area contributed by atoms with E-state index in [1.165, 1.54) is 49.0 Å². The summed E-state index contributed by atoms with van der Waals surface area (Å²) in [5.74, 6) is 1.93. The van der Waals surface area contributed by atoms with Crippen molar-refractivity contribution >= 4 is 59.6 Å². The molecule has 12 aromatic rings. The molecule has 0 aliphatic carbocycles. The Hall–Kier alpha value is -7.69. The largest absolute Gasteiger partial charge is 0.308 e. The van der Waals surface area contributed by atoms with E-state index < -0.39 is 0 Å². The van der Waals surface area contributed by atoms with Crippen LogP contribution in [0.5, 0.6) is 0 Å². The smallest absolute Gasteiger partial charge is 0.165 e. The average molecular weight is 725 g/mol. The summed E-state index contributed by atoms with van der Waals surface area (Å²) >= 11 is 0. The van der Waals surface area contributed by atoms with Crippen molar-refractivity contribution in [1.82, 2.24) is 19.4 Å². The molecule has 0 saturated heterocycles. The van der Waals surface area contributed by atoms with Crippen molar-refractivity contribution in [2.24, 2.45) is 0 Å². The molecule has 0 bridgehead atoms. The van der Waals surface area contributed by atoms with Gasteiger partial charge in [-0.3, -0.25) is 0 Å². The molecule has 0 spiro atoms. The average Bonchev–Trinajstić information content (AvgIpc) is 3.81. The normalized spacial score (nSPS) is 11.9. The van der Waals surface area contributed by atoms with Crippen LogP contribution in [0.15, 0.2) is 194 Å². The lowest BCUT2D eigenvalue weighted by molar-refractivity contribution is 1.08. The van der Waals surface area contributed by atoms with E-state index in [2.05, 4.69) is 162 Å². The van der Waals surface area contributed by atoms with E-state index in [-0.39, 0.29) is 0 Å². The van der Waals surface area contributed by atoms with Crippen LogP contribution in [0.4, 0.5) is 0 Å². The zero-order valence-corrected chi connectivity index (χ0v) is 30.8. The van der Waals surface area contributed by atoms with Gasteiger partial charge in [-0.05, 0) is 50.4 Å². The quantitative estimate of drug-likeness (QED) is 0.166. The van der Waals surface area contributed by atoms with Gasteiger partial charge in [-0.2, -0.15) is 0 Å². The monoisotopic (exact) mass is 724 g/mol. The molecule has 57 heavy (non-hydrogen) atoms. The van der Waals surface area contributed by atoms with Crippen LogP contribution < -0.4 is 0 Å². The Labute approximate surface area is 328 Å². The van der Waals surface area contributed by atoms with Crippen molar-refractivity contribution in [2.75, 3.05) is 0 Å². The Kier molecular flexibility index (Phi) is 6.89. The molecule has 264 valence electrons. The maximum absolute atomic E-state index is 5.27. The second kappa shape index (κ2) is 12.4. The molecule has 3 aromatic heterocycles. The summed E-state index contributed by atoms with van der Waals surface area (Å²) < 4.78 is 2.45. The number of fused-ring (bicyclic) bond motifs is 9. The highest BCUT2D eigenvalue weighted by Crippen LogP contribution is 2.45. The van der Waals surface area contributed by atoms with Crippen molar-refractivity contribution in [3.05, 3.63) is 194 Å². The fourth-order valence-electron chi connectivity index (χ4n) is 9.03. The second-order valence-corrected chi connectivity index (χ2v) is 14.7. The molecule has 0 aliphatic heterocycles. The number of hydrogen-bond acceptors (Lipinski definition) is 3. The first-order valence-corrected chi connectivity index (χ1v) is 19.4. The maximum atomic E-state index is 5.27. The van der Waals surface area contributed by atoms with E-state index in [0.29, 0.717) is 17.5 Å². The number of rotatable bonds is 5. The van der Waals surface area contributed by atoms with Crippen LogP contribution in [0.3, 0.4) is 0 Å². The van der Waals surface area contributed by atoms with Gasteiger partial charge in [-0.25, -0.2) is 15.0 Å². The SMILES string of the molecule is c1ccc(-c2nc(-c3ccccc3)nc(-c3c(-c4ccc(-c5ccc6c7cccc8c9ccccc9n(c6c5)c87)cc4)c4ccccc4c4ccccc34)n2)cc1. The van der Waals surface area contributed by atoms with Gasteiger partial charge in [0.25, 0.3) is 0 Å². The van der Waals surface area contributed by atoms with Crippen LogP contribution in [0.25, 0.3) is 116 Å². The van der Waals surface area contributed by atoms with Crippen LogP contribution in [0, 0.1) is 0 Å². The minimum absolute atomic E-state index is 0.643. The van der Waals surface area contributed by atoms with Gasteiger partial charge in [-0.15, -0.1) is 0 Å². The molecule has 12 rings (SSSR count). The van der Waals surface area contributed by atoms with Gasteiger partial charge in [0.15, 0.2) is 17.5 Å². The first-order chi connectivity index (χ1) is 28.3. The summed E-state index contributed by atoms with van der Waals surface area (Å²) in [6, 6.07) is 69.1. The summed E-state index contributed by atoms with van der Waals surface area (Å²) in [7, 11) is 0. The van der Waals surface area contributed by atoms with Crippen LogP contribution in [-0.4, -0.2) is 19.4 Å². The third-order valence-corrected chi connectivity index (χ3v) is 11.6. The maximum Gasteiger partial charge on any atom is 0.165 e. The van der Waals surface area contributed by atoms with Crippen molar-refractivity contribution in [2.45, 2.75) is 0 Å². The number of nitrogens with zero attached hydrogens (tertiary/aromatic N) is 4. The van der Waals surface area contributed by atoms with Crippen LogP contribution in [-0.2, 0) is 0 Å². The Morgan fingerprint density at radius 2 is 0.719 bits per heavy atom. The number of para-hydroxylation sites is 2. The Morgan fingerprint density at radius 1 is 0.263 bits per heavy atom. The van der Waals surface area contributed by atoms with Gasteiger partial charge < -0.3 is 4.40 Å². The van der Waals surface area contributed by atoms with Crippen molar-refractivity contribution < 1.29 is 0 Å². The first kappa shape index (κ1) is 31.6. The first-order valence-electron chi connectivity index (χ1n) is 19.4. The zero-order valence-electron chi connectivity index (χ0n) is 30.8. The summed E-state index contributed by atoms with van der Waals surface area (Å²) in [5.41, 5.74) is 11.2. The molecule has 4 heteroatoms. The lowest BCUT2D eigenvalue weighted by Crippen LogP contribution is -2.02. The Bertz CT molecular complexity index is 3440. The summed E-state index contributed by atoms with van der Waals surface area (Å²) in [6.07, 6.45) is 0. The second-order valence-electron chi connectivity index (χ2n) is 14.7. The van der Waals surface area contributed by atoms with E-state index in [4.69, 9.17) is 15.0 Å². The van der Waals surface area contributed by atoms with E-state index in [1.807, 2.05) is 36.4 Å². The van der Waals surface area contributed by atoms with E-state index in [0.717, 1.165) is 49.5 Å². The van der Waals surface area contributed by atoms with E-state index >= 15 is 0 Å². The molecule has 0 aliphatic rings. The van der Waals surface area contributed by atoms with Crippen LogP contribution in [0.1, 0.15) is 0 Å². The predicted octanol–water partition coefficient (Wildman–Crippen LogP) is 13.7. The lowest BCUT2D eigenvalue weighted by Gasteiger charge is -2.18. The molecule has 0 saturated carbocycles. The van der Waals surface area contributed by atoms with Gasteiger partial charge >= 0.3 is 0 Å². The summed E-state index contributed by atoms with van der Waals surface area (Å²) in [4.78, 5) is 15.6. The van der Waals surface area contributed by atoms with E-state index in [1.54, 1.807) is 0 Å². The zero-order chi connectivity index (χ0) is 37.5. The third kappa shape index (κ3) is 4.84. The van der Waals surface area contributed by atoms with Crippen molar-refractivity contribution in [3.63, 3.8) is 0 Å². The topological polar surface area (TPSA) is 43.1 Å². The Morgan fingerprint density at radius 3 is 1.35 bits per heavy atom. The summed E-state index contributed by atoms with van der Waals surface area (Å²) in [6.45, 7) is 0. The minimum atomic E-state index is 0.643. The highest BCUT2D eigenvalue weighted by atomic mass is 15.0. The Balaban J connectivity index is 1.08. The van der Waals surface area contributed by atoms with Gasteiger partial charge in [0.1, 0.15) is 0 Å². The standard InChI is InChI=1S/C53H32N4/c1-3-14-35(15-4-1)51-54-52(36-16-5-2-6-17-36)56-53(55-51)49-43-22-10-8-19-39(43)38-18-7-9-21-42(38)48(49)34-28-26-33(27-29-34)37-30-31-41-45-24-13-23-44-40-20-11-12-25-46(40)57(50(44)45)47(41)32-37/h1-32H. The number of aromatic nitrogens is 4. The highest BCUT2D eigenvalue weighted by Gasteiger charge is 2.22. The molecule has 0 radical (unpaired) electrons. The molecule has 0 atom stereocenters. The fraction of sp³-hybridized carbons (Fsp3) is 0. The molecular weight excluding hydrogens is 693 g/mol. The van der Waals surface area contributed by atoms with E-state index in [9.17, 15) is 0 Å². The van der Waals surface area contributed by atoms with Crippen LogP contribution >= 0.6 is 0 Å². The van der Waals surface area contributed by atoms with Gasteiger partial charge in [0, 0.05) is 43.8 Å². The highest BCUT2D eigenvalue weighted by molar-refractivity contribution is 6.24. The molecule has 9 aromatic carbocycles. The molecule has 0 unspecified atom stereocenters. The summed E-state index contributed by atoms with van der Waals surface area (Å²) in [5, 5.41) is 9.77. The van der Waals surface area contributed by atoms with Crippen LogP contribution in [0.2, 0.25) is 0 Å². The molecule has 3 heterocycles. The third-order valence-electron chi connectivity index (χ3n) is 11.6. The van der Waals surface area contributed by atoms with Gasteiger partial charge in [-0.1, -0.05) is 182 Å². The molecular formula is C53H32N4.